The van der Waals surface area contributed by atoms with E-state index in [4.69, 9.17) is 16.7 Å². The number of sulfonamides is 1. The minimum absolute atomic E-state index is 0.00611. The van der Waals surface area contributed by atoms with E-state index in [9.17, 15) is 8.42 Å². The van der Waals surface area contributed by atoms with Crippen LogP contribution in [0.15, 0.2) is 23.1 Å². The Morgan fingerprint density at radius 2 is 1.76 bits per heavy atom. The maximum absolute atomic E-state index is 12.4. The molecule has 21 heavy (non-hydrogen) atoms. The molecule has 0 radical (unpaired) electrons. The maximum Gasteiger partial charge on any atom is 0.240 e. The van der Waals surface area contributed by atoms with Crippen molar-refractivity contribution in [1.29, 1.82) is 0 Å². The zero-order valence-electron chi connectivity index (χ0n) is 12.0. The van der Waals surface area contributed by atoms with Crippen LogP contribution in [0, 0.1) is 0 Å². The highest BCUT2D eigenvalue weighted by atomic mass is 35.5. The zero-order chi connectivity index (χ0) is 15.3. The van der Waals surface area contributed by atoms with Gasteiger partial charge in [-0.2, -0.15) is 0 Å². The Morgan fingerprint density at radius 3 is 2.33 bits per heavy atom. The summed E-state index contributed by atoms with van der Waals surface area (Å²) in [7, 11) is -3.55. The van der Waals surface area contributed by atoms with E-state index in [1.807, 2.05) is 0 Å². The van der Waals surface area contributed by atoms with Gasteiger partial charge in [-0.1, -0.05) is 49.8 Å². The second kappa shape index (κ2) is 7.58. The van der Waals surface area contributed by atoms with Crippen LogP contribution in [0.1, 0.15) is 50.5 Å². The van der Waals surface area contributed by atoms with E-state index in [1.54, 1.807) is 6.07 Å². The van der Waals surface area contributed by atoms with Crippen molar-refractivity contribution < 1.29 is 13.5 Å². The normalized spacial score (nSPS) is 18.2. The first kappa shape index (κ1) is 16.7. The molecular weight excluding hydrogens is 310 g/mol. The van der Waals surface area contributed by atoms with Gasteiger partial charge in [0.05, 0.1) is 11.5 Å². The van der Waals surface area contributed by atoms with Gasteiger partial charge in [-0.3, -0.25) is 0 Å². The first-order valence-electron chi connectivity index (χ1n) is 7.44. The first-order valence-corrected chi connectivity index (χ1v) is 9.30. The SMILES string of the molecule is O=S(=O)(NC1CCCCCCC1)c1ccc(CO)c(Cl)c1. The maximum atomic E-state index is 12.4. The topological polar surface area (TPSA) is 66.4 Å². The number of rotatable bonds is 4. The van der Waals surface area contributed by atoms with E-state index in [1.165, 1.54) is 31.4 Å². The van der Waals surface area contributed by atoms with Gasteiger partial charge in [0, 0.05) is 11.1 Å². The lowest BCUT2D eigenvalue weighted by Gasteiger charge is -2.21. The van der Waals surface area contributed by atoms with Gasteiger partial charge < -0.3 is 5.11 Å². The van der Waals surface area contributed by atoms with Crippen LogP contribution >= 0.6 is 11.6 Å². The van der Waals surface area contributed by atoms with Crippen LogP contribution in [0.3, 0.4) is 0 Å². The van der Waals surface area contributed by atoms with Crippen molar-refractivity contribution in [3.63, 3.8) is 0 Å². The highest BCUT2D eigenvalue weighted by Gasteiger charge is 2.21. The van der Waals surface area contributed by atoms with Gasteiger partial charge in [0.25, 0.3) is 0 Å². The third-order valence-corrected chi connectivity index (χ3v) is 5.80. The van der Waals surface area contributed by atoms with Crippen molar-refractivity contribution in [3.8, 4) is 0 Å². The number of hydrogen-bond donors (Lipinski definition) is 2. The van der Waals surface area contributed by atoms with Crippen LogP contribution in [0.4, 0.5) is 0 Å². The molecule has 1 saturated carbocycles. The molecule has 0 heterocycles. The molecular formula is C15H22ClNO3S. The van der Waals surface area contributed by atoms with Crippen LogP contribution in [0.5, 0.6) is 0 Å². The van der Waals surface area contributed by atoms with Crippen LogP contribution in [0.2, 0.25) is 5.02 Å². The Hall–Kier alpha value is -0.620. The van der Waals surface area contributed by atoms with Crippen molar-refractivity contribution in [1.82, 2.24) is 4.72 Å². The molecule has 1 aromatic rings. The Labute approximate surface area is 131 Å². The van der Waals surface area contributed by atoms with Gasteiger partial charge in [-0.25, -0.2) is 13.1 Å². The Balaban J connectivity index is 2.11. The summed E-state index contributed by atoms with van der Waals surface area (Å²) in [5, 5.41) is 9.36. The summed E-state index contributed by atoms with van der Waals surface area (Å²) in [6, 6.07) is 4.45. The van der Waals surface area contributed by atoms with Gasteiger partial charge in [0.1, 0.15) is 0 Å². The first-order chi connectivity index (χ1) is 10.0. The number of benzene rings is 1. The fourth-order valence-electron chi connectivity index (χ4n) is 2.68. The van der Waals surface area contributed by atoms with Gasteiger partial charge >= 0.3 is 0 Å². The highest BCUT2D eigenvalue weighted by molar-refractivity contribution is 7.89. The third-order valence-electron chi connectivity index (χ3n) is 3.93. The second-order valence-electron chi connectivity index (χ2n) is 5.57. The summed E-state index contributed by atoms with van der Waals surface area (Å²) >= 11 is 5.97. The Bertz CT molecular complexity index is 566. The van der Waals surface area contributed by atoms with E-state index in [-0.39, 0.29) is 22.6 Å². The summed E-state index contributed by atoms with van der Waals surface area (Å²) in [6.45, 7) is -0.199. The molecule has 2 N–H and O–H groups in total. The number of aliphatic hydroxyl groups is 1. The molecule has 6 heteroatoms. The standard InChI is InChI=1S/C15H22ClNO3S/c16-15-10-14(9-8-12(15)11-18)21(19,20)17-13-6-4-2-1-3-5-7-13/h8-10,13,17-18H,1-7,11H2. The van der Waals surface area contributed by atoms with Gasteiger partial charge in [0.15, 0.2) is 0 Å². The fourth-order valence-corrected chi connectivity index (χ4v) is 4.32. The van der Waals surface area contributed by atoms with E-state index in [2.05, 4.69) is 4.72 Å². The number of halogens is 1. The summed E-state index contributed by atoms with van der Waals surface area (Å²) in [5.74, 6) is 0. The molecule has 4 nitrogen and oxygen atoms in total. The van der Waals surface area contributed by atoms with Crippen LogP contribution in [-0.2, 0) is 16.6 Å². The molecule has 0 saturated heterocycles. The summed E-state index contributed by atoms with van der Waals surface area (Å²) < 4.78 is 27.6. The molecule has 0 aromatic heterocycles. The van der Waals surface area contributed by atoms with E-state index in [0.29, 0.717) is 5.56 Å². The van der Waals surface area contributed by atoms with Crippen LogP contribution in [0.25, 0.3) is 0 Å². The molecule has 0 atom stereocenters. The minimum atomic E-state index is -3.55. The Kier molecular flexibility index (Phi) is 6.05. The predicted octanol–water partition coefficient (Wildman–Crippen LogP) is 3.22. The lowest BCUT2D eigenvalue weighted by Crippen LogP contribution is -2.35. The lowest BCUT2D eigenvalue weighted by molar-refractivity contribution is 0.282. The molecule has 1 aliphatic rings. The zero-order valence-corrected chi connectivity index (χ0v) is 13.6. The summed E-state index contributed by atoms with van der Waals surface area (Å²) in [5.41, 5.74) is 0.529. The number of hydrogen-bond acceptors (Lipinski definition) is 3. The van der Waals surface area contributed by atoms with Gasteiger partial charge in [-0.15, -0.1) is 0 Å². The molecule has 1 aliphatic carbocycles. The predicted molar refractivity (Wildman–Crippen MR) is 83.8 cm³/mol. The van der Waals surface area contributed by atoms with Crippen LogP contribution < -0.4 is 4.72 Å². The monoisotopic (exact) mass is 331 g/mol. The van der Waals surface area contributed by atoms with Crippen molar-refractivity contribution >= 4 is 21.6 Å². The average Bonchev–Trinajstić information content (AvgIpc) is 2.41. The third kappa shape index (κ3) is 4.68. The quantitative estimate of drug-likeness (QED) is 0.890. The average molecular weight is 332 g/mol. The molecule has 1 aromatic carbocycles. The van der Waals surface area contributed by atoms with E-state index < -0.39 is 10.0 Å². The molecule has 2 rings (SSSR count). The summed E-state index contributed by atoms with van der Waals surface area (Å²) in [4.78, 5) is 0.159. The van der Waals surface area contributed by atoms with E-state index >= 15 is 0 Å². The molecule has 0 bridgehead atoms. The minimum Gasteiger partial charge on any atom is -0.392 e. The van der Waals surface area contributed by atoms with Crippen molar-refractivity contribution in [2.24, 2.45) is 0 Å². The van der Waals surface area contributed by atoms with Crippen molar-refractivity contribution in [3.05, 3.63) is 28.8 Å². The molecule has 0 aliphatic heterocycles. The highest BCUT2D eigenvalue weighted by Crippen LogP contribution is 2.23. The smallest absolute Gasteiger partial charge is 0.240 e. The Morgan fingerprint density at radius 1 is 1.14 bits per heavy atom. The molecule has 0 unspecified atom stereocenters. The largest absolute Gasteiger partial charge is 0.392 e. The summed E-state index contributed by atoms with van der Waals surface area (Å²) in [6.07, 6.45) is 7.51. The molecule has 1 fully saturated rings. The fraction of sp³-hybridized carbons (Fsp3) is 0.600. The molecule has 118 valence electrons. The van der Waals surface area contributed by atoms with Gasteiger partial charge in [0.2, 0.25) is 10.0 Å². The van der Waals surface area contributed by atoms with E-state index in [0.717, 1.165) is 25.7 Å². The second-order valence-corrected chi connectivity index (χ2v) is 7.70. The van der Waals surface area contributed by atoms with Crippen molar-refractivity contribution in [2.45, 2.75) is 62.5 Å². The molecule has 0 amide bonds. The number of aliphatic hydroxyl groups excluding tert-OH is 1. The molecule has 0 spiro atoms. The van der Waals surface area contributed by atoms with Crippen LogP contribution in [-0.4, -0.2) is 19.6 Å². The lowest BCUT2D eigenvalue weighted by atomic mass is 9.97. The number of nitrogens with one attached hydrogen (secondary N) is 1. The van der Waals surface area contributed by atoms with Gasteiger partial charge in [-0.05, 0) is 30.5 Å². The van der Waals surface area contributed by atoms with Crippen molar-refractivity contribution in [2.75, 3.05) is 0 Å².